The Bertz CT molecular complexity index is 1100. The molecule has 0 saturated heterocycles. The fourth-order valence-corrected chi connectivity index (χ4v) is 3.27. The normalized spacial score (nSPS) is 10.5. The molecule has 0 unspecified atom stereocenters. The van der Waals surface area contributed by atoms with Crippen molar-refractivity contribution in [2.75, 3.05) is 12.4 Å². The summed E-state index contributed by atoms with van der Waals surface area (Å²) in [5.41, 5.74) is 6.49. The van der Waals surface area contributed by atoms with Crippen LogP contribution in [0.3, 0.4) is 0 Å². The number of anilines is 1. The Morgan fingerprint density at radius 1 is 0.931 bits per heavy atom. The van der Waals surface area contributed by atoms with Crippen LogP contribution in [-0.4, -0.2) is 24.0 Å². The van der Waals surface area contributed by atoms with Gasteiger partial charge in [0.15, 0.2) is 0 Å². The number of amides is 1. The fraction of sp³-hybridized carbons (Fsp3) is 0.208. The molecule has 2 aromatic carbocycles. The summed E-state index contributed by atoms with van der Waals surface area (Å²) in [6.07, 6.45) is 0. The summed E-state index contributed by atoms with van der Waals surface area (Å²) >= 11 is 0. The second kappa shape index (κ2) is 8.27. The zero-order valence-electron chi connectivity index (χ0n) is 17.3. The van der Waals surface area contributed by atoms with E-state index < -0.39 is 5.97 Å². The van der Waals surface area contributed by atoms with Crippen LogP contribution < -0.4 is 5.32 Å². The van der Waals surface area contributed by atoms with Crippen molar-refractivity contribution in [2.45, 2.75) is 27.7 Å². The topological polar surface area (TPSA) is 68.3 Å². The Labute approximate surface area is 170 Å². The first-order valence-corrected chi connectivity index (χ1v) is 9.36. The number of aromatic nitrogens is 1. The highest BCUT2D eigenvalue weighted by Gasteiger charge is 2.18. The molecule has 0 aliphatic carbocycles. The van der Waals surface area contributed by atoms with Crippen LogP contribution in [0.5, 0.6) is 0 Å². The molecule has 0 atom stereocenters. The lowest BCUT2D eigenvalue weighted by molar-refractivity contribution is 0.0599. The average Bonchev–Trinajstić information content (AvgIpc) is 2.70. The largest absolute Gasteiger partial charge is 0.465 e. The molecule has 5 nitrogen and oxygen atoms in total. The van der Waals surface area contributed by atoms with E-state index in [1.807, 2.05) is 57.2 Å². The minimum absolute atomic E-state index is 0.315. The maximum Gasteiger partial charge on any atom is 0.338 e. The quantitative estimate of drug-likeness (QED) is 0.637. The van der Waals surface area contributed by atoms with Crippen LogP contribution in [0.2, 0.25) is 0 Å². The molecule has 0 aliphatic rings. The van der Waals surface area contributed by atoms with Gasteiger partial charge >= 0.3 is 5.97 Å². The molecular formula is C24H24N2O3. The lowest BCUT2D eigenvalue weighted by atomic mass is 10.0. The molecular weight excluding hydrogens is 364 g/mol. The summed E-state index contributed by atoms with van der Waals surface area (Å²) in [6, 6.07) is 15.3. The number of carbonyl (C=O) groups is 2. The fourth-order valence-electron chi connectivity index (χ4n) is 3.27. The summed E-state index contributed by atoms with van der Waals surface area (Å²) < 4.78 is 4.83. The molecule has 29 heavy (non-hydrogen) atoms. The molecule has 3 aromatic rings. The predicted molar refractivity (Wildman–Crippen MR) is 114 cm³/mol. The summed E-state index contributed by atoms with van der Waals surface area (Å²) in [7, 11) is 1.34. The molecule has 1 heterocycles. The van der Waals surface area contributed by atoms with E-state index in [0.717, 1.165) is 27.9 Å². The first kappa shape index (κ1) is 20.3. The van der Waals surface area contributed by atoms with Crippen molar-refractivity contribution in [3.8, 4) is 11.3 Å². The van der Waals surface area contributed by atoms with Gasteiger partial charge in [-0.2, -0.15) is 0 Å². The van der Waals surface area contributed by atoms with Crippen molar-refractivity contribution in [3.63, 3.8) is 0 Å². The van der Waals surface area contributed by atoms with Crippen LogP contribution in [-0.2, 0) is 4.74 Å². The van der Waals surface area contributed by atoms with Gasteiger partial charge in [-0.15, -0.1) is 0 Å². The van der Waals surface area contributed by atoms with E-state index in [9.17, 15) is 9.59 Å². The molecule has 1 aromatic heterocycles. The average molecular weight is 388 g/mol. The first-order valence-electron chi connectivity index (χ1n) is 9.36. The number of methoxy groups -OCH3 is 1. The molecule has 148 valence electrons. The molecule has 0 saturated carbocycles. The Balaban J connectivity index is 1.98. The van der Waals surface area contributed by atoms with Crippen LogP contribution in [0.15, 0.2) is 48.5 Å². The van der Waals surface area contributed by atoms with E-state index >= 15 is 0 Å². The third kappa shape index (κ3) is 4.19. The Morgan fingerprint density at radius 3 is 2.34 bits per heavy atom. The van der Waals surface area contributed by atoms with E-state index in [1.54, 1.807) is 19.1 Å². The number of nitrogens with zero attached hydrogens (tertiary/aromatic N) is 1. The molecule has 1 N–H and O–H groups in total. The third-order valence-electron chi connectivity index (χ3n) is 4.94. The van der Waals surface area contributed by atoms with Gasteiger partial charge in [-0.3, -0.25) is 4.79 Å². The number of pyridine rings is 1. The van der Waals surface area contributed by atoms with Crippen molar-refractivity contribution < 1.29 is 14.3 Å². The van der Waals surface area contributed by atoms with Crippen LogP contribution in [0.25, 0.3) is 11.3 Å². The molecule has 1 amide bonds. The van der Waals surface area contributed by atoms with Gasteiger partial charge in [-0.05, 0) is 62.6 Å². The van der Waals surface area contributed by atoms with E-state index in [0.29, 0.717) is 22.5 Å². The predicted octanol–water partition coefficient (Wildman–Crippen LogP) is 5.02. The number of hydrogen-bond acceptors (Lipinski definition) is 4. The zero-order chi connectivity index (χ0) is 21.1. The number of carbonyl (C=O) groups excluding carboxylic acids is 2. The molecule has 0 fully saturated rings. The Morgan fingerprint density at radius 2 is 1.66 bits per heavy atom. The van der Waals surface area contributed by atoms with Crippen LogP contribution in [0, 0.1) is 27.7 Å². The van der Waals surface area contributed by atoms with Crippen molar-refractivity contribution in [1.29, 1.82) is 0 Å². The van der Waals surface area contributed by atoms with Crippen molar-refractivity contribution in [2.24, 2.45) is 0 Å². The van der Waals surface area contributed by atoms with Crippen molar-refractivity contribution in [1.82, 2.24) is 4.98 Å². The molecule has 3 rings (SSSR count). The summed E-state index contributed by atoms with van der Waals surface area (Å²) in [5, 5.41) is 2.94. The number of nitrogens with one attached hydrogen (secondary N) is 1. The van der Waals surface area contributed by atoms with E-state index in [2.05, 4.69) is 10.3 Å². The highest BCUT2D eigenvalue weighted by Crippen LogP contribution is 2.26. The molecule has 0 spiro atoms. The number of benzene rings is 2. The summed E-state index contributed by atoms with van der Waals surface area (Å²) in [4.78, 5) is 29.6. The summed E-state index contributed by atoms with van der Waals surface area (Å²) in [6.45, 7) is 7.54. The third-order valence-corrected chi connectivity index (χ3v) is 4.94. The minimum atomic E-state index is -0.436. The lowest BCUT2D eigenvalue weighted by Gasteiger charge is -2.15. The number of ether oxygens (including phenoxy) is 1. The van der Waals surface area contributed by atoms with Gasteiger partial charge in [0, 0.05) is 11.3 Å². The molecule has 0 radical (unpaired) electrons. The SMILES string of the molecule is COC(=O)c1ccc(C)c(NC(=O)c2nc(-c3cccc(C)c3)ccc2C)c1C. The lowest BCUT2D eigenvalue weighted by Crippen LogP contribution is -2.18. The molecule has 0 bridgehead atoms. The molecule has 5 heteroatoms. The van der Waals surface area contributed by atoms with E-state index in [4.69, 9.17) is 4.74 Å². The van der Waals surface area contributed by atoms with Crippen LogP contribution in [0.1, 0.15) is 43.1 Å². The second-order valence-electron chi connectivity index (χ2n) is 7.11. The Kier molecular flexibility index (Phi) is 5.78. The van der Waals surface area contributed by atoms with Gasteiger partial charge in [0.1, 0.15) is 5.69 Å². The highest BCUT2D eigenvalue weighted by atomic mass is 16.5. The van der Waals surface area contributed by atoms with Gasteiger partial charge in [0.05, 0.1) is 18.4 Å². The number of hydrogen-bond donors (Lipinski definition) is 1. The number of aryl methyl sites for hydroxylation is 3. The standard InChI is InChI=1S/C24H24N2O3/c1-14-7-6-8-18(13-14)20-12-10-16(3)22(25-20)23(27)26-21-15(2)9-11-19(17(21)4)24(28)29-5/h6-13H,1-5H3,(H,26,27). The van der Waals surface area contributed by atoms with Crippen molar-refractivity contribution >= 4 is 17.6 Å². The molecule has 0 aliphatic heterocycles. The Hall–Kier alpha value is -3.47. The smallest absolute Gasteiger partial charge is 0.338 e. The van der Waals surface area contributed by atoms with Gasteiger partial charge in [-0.1, -0.05) is 35.9 Å². The van der Waals surface area contributed by atoms with Crippen molar-refractivity contribution in [3.05, 3.63) is 82.0 Å². The van der Waals surface area contributed by atoms with Crippen LogP contribution in [0.4, 0.5) is 5.69 Å². The first-order chi connectivity index (χ1) is 13.8. The number of rotatable bonds is 4. The van der Waals surface area contributed by atoms with E-state index in [-0.39, 0.29) is 5.91 Å². The zero-order valence-corrected chi connectivity index (χ0v) is 17.3. The van der Waals surface area contributed by atoms with Gasteiger partial charge < -0.3 is 10.1 Å². The second-order valence-corrected chi connectivity index (χ2v) is 7.11. The summed E-state index contributed by atoms with van der Waals surface area (Å²) in [5.74, 6) is -0.751. The van der Waals surface area contributed by atoms with Gasteiger partial charge in [0.2, 0.25) is 0 Å². The van der Waals surface area contributed by atoms with Gasteiger partial charge in [0.25, 0.3) is 5.91 Å². The number of esters is 1. The van der Waals surface area contributed by atoms with Crippen LogP contribution >= 0.6 is 0 Å². The maximum absolute atomic E-state index is 13.1. The van der Waals surface area contributed by atoms with Gasteiger partial charge in [-0.25, -0.2) is 9.78 Å². The minimum Gasteiger partial charge on any atom is -0.465 e. The van der Waals surface area contributed by atoms with E-state index in [1.165, 1.54) is 7.11 Å². The monoisotopic (exact) mass is 388 g/mol. The highest BCUT2D eigenvalue weighted by molar-refractivity contribution is 6.06. The maximum atomic E-state index is 13.1.